The van der Waals surface area contributed by atoms with E-state index in [1.54, 1.807) is 0 Å². The highest BCUT2D eigenvalue weighted by Crippen LogP contribution is 2.30. The molecule has 0 fully saturated rings. The highest BCUT2D eigenvalue weighted by Gasteiger charge is 2.24. The van der Waals surface area contributed by atoms with Crippen LogP contribution in [0.1, 0.15) is 17.7 Å². The zero-order valence-corrected chi connectivity index (χ0v) is 13.8. The number of amides is 1. The van der Waals surface area contributed by atoms with Crippen LogP contribution in [0.2, 0.25) is 0 Å². The van der Waals surface area contributed by atoms with Gasteiger partial charge in [0.25, 0.3) is 5.91 Å². The summed E-state index contributed by atoms with van der Waals surface area (Å²) in [5, 5.41) is 7.69. The number of carbonyl (C=O) groups is 1. The van der Waals surface area contributed by atoms with Gasteiger partial charge in [0.05, 0.1) is 11.4 Å². The van der Waals surface area contributed by atoms with Crippen molar-refractivity contribution in [3.63, 3.8) is 0 Å². The number of carbonyl (C=O) groups excluding carboxylic acids is 1. The molecule has 4 rings (SSSR count). The zero-order valence-electron chi connectivity index (χ0n) is 13.8. The molecule has 25 heavy (non-hydrogen) atoms. The number of nitrogens with one attached hydrogen (secondary N) is 1. The highest BCUT2D eigenvalue weighted by atomic mass is 16.5. The molecule has 2 aromatic carbocycles. The molecule has 0 spiro atoms. The summed E-state index contributed by atoms with van der Waals surface area (Å²) in [6, 6.07) is 19.2. The van der Waals surface area contributed by atoms with Crippen LogP contribution < -0.4 is 10.1 Å². The molecule has 0 saturated carbocycles. The summed E-state index contributed by atoms with van der Waals surface area (Å²) in [5.74, 6) is 1.26. The molecule has 1 heterocycles. The first-order valence-corrected chi connectivity index (χ1v) is 8.45. The van der Waals surface area contributed by atoms with E-state index in [-0.39, 0.29) is 12.5 Å². The number of anilines is 1. The Bertz CT molecular complexity index is 873. The lowest BCUT2D eigenvalue weighted by molar-refractivity contribution is -0.118. The lowest BCUT2D eigenvalue weighted by Crippen LogP contribution is -2.22. The topological polar surface area (TPSA) is 56.1 Å². The number of hydrogen-bond acceptors (Lipinski definition) is 3. The van der Waals surface area contributed by atoms with Crippen molar-refractivity contribution in [3.05, 3.63) is 71.9 Å². The second-order valence-corrected chi connectivity index (χ2v) is 6.02. The number of aromatic nitrogens is 2. The fourth-order valence-electron chi connectivity index (χ4n) is 3.11. The molecule has 1 amide bonds. The number of benzene rings is 2. The van der Waals surface area contributed by atoms with Gasteiger partial charge in [-0.3, -0.25) is 4.79 Å². The number of hydrogen-bond donors (Lipinski definition) is 1. The molecule has 0 saturated heterocycles. The van der Waals surface area contributed by atoms with Crippen molar-refractivity contribution in [2.45, 2.75) is 19.3 Å². The Morgan fingerprint density at radius 2 is 1.76 bits per heavy atom. The molecule has 0 bridgehead atoms. The average molecular weight is 333 g/mol. The van der Waals surface area contributed by atoms with Crippen molar-refractivity contribution in [2.24, 2.45) is 0 Å². The van der Waals surface area contributed by atoms with E-state index in [9.17, 15) is 4.79 Å². The van der Waals surface area contributed by atoms with Gasteiger partial charge in [0.15, 0.2) is 6.61 Å². The van der Waals surface area contributed by atoms with Crippen molar-refractivity contribution in [3.8, 4) is 11.4 Å². The monoisotopic (exact) mass is 333 g/mol. The first kappa shape index (κ1) is 15.4. The number of nitrogens with zero attached hydrogens (tertiary/aromatic N) is 2. The Labute approximate surface area is 146 Å². The van der Waals surface area contributed by atoms with Gasteiger partial charge >= 0.3 is 0 Å². The van der Waals surface area contributed by atoms with Crippen molar-refractivity contribution in [1.82, 2.24) is 9.78 Å². The molecule has 126 valence electrons. The number of rotatable bonds is 5. The molecule has 1 N–H and O–H groups in total. The van der Waals surface area contributed by atoms with E-state index in [1.165, 1.54) is 0 Å². The van der Waals surface area contributed by atoms with Gasteiger partial charge in [-0.05, 0) is 43.5 Å². The van der Waals surface area contributed by atoms with E-state index < -0.39 is 0 Å². The van der Waals surface area contributed by atoms with Gasteiger partial charge in [0.2, 0.25) is 0 Å². The van der Waals surface area contributed by atoms with Gasteiger partial charge in [0.1, 0.15) is 11.6 Å². The lowest BCUT2D eigenvalue weighted by Gasteiger charge is -2.11. The summed E-state index contributed by atoms with van der Waals surface area (Å²) in [6.07, 6.45) is 2.98. The minimum atomic E-state index is -0.185. The van der Waals surface area contributed by atoms with Crippen molar-refractivity contribution >= 4 is 11.7 Å². The third-order valence-electron chi connectivity index (χ3n) is 4.28. The Morgan fingerprint density at radius 1 is 1.04 bits per heavy atom. The molecule has 0 atom stereocenters. The molecule has 5 heteroatoms. The van der Waals surface area contributed by atoms with E-state index in [0.29, 0.717) is 5.75 Å². The van der Waals surface area contributed by atoms with E-state index in [1.807, 2.05) is 65.3 Å². The maximum Gasteiger partial charge on any atom is 0.263 e. The smallest absolute Gasteiger partial charge is 0.263 e. The van der Waals surface area contributed by atoms with Crippen LogP contribution in [-0.4, -0.2) is 22.3 Å². The largest absolute Gasteiger partial charge is 0.484 e. The predicted octanol–water partition coefficient (Wildman–Crippen LogP) is 3.38. The van der Waals surface area contributed by atoms with Crippen LogP contribution >= 0.6 is 0 Å². The Morgan fingerprint density at radius 3 is 2.52 bits per heavy atom. The van der Waals surface area contributed by atoms with E-state index in [4.69, 9.17) is 9.84 Å². The third kappa shape index (κ3) is 3.26. The van der Waals surface area contributed by atoms with Gasteiger partial charge in [0, 0.05) is 5.56 Å². The maximum absolute atomic E-state index is 12.4. The molecule has 5 nitrogen and oxygen atoms in total. The molecular weight excluding hydrogens is 314 g/mol. The van der Waals surface area contributed by atoms with Crippen LogP contribution in [0.5, 0.6) is 5.75 Å². The lowest BCUT2D eigenvalue weighted by atomic mass is 10.2. The fraction of sp³-hybridized carbons (Fsp3) is 0.200. The van der Waals surface area contributed by atoms with E-state index in [0.717, 1.165) is 42.0 Å². The number of aryl methyl sites for hydroxylation is 1. The van der Waals surface area contributed by atoms with Crippen LogP contribution in [0.25, 0.3) is 5.69 Å². The second kappa shape index (κ2) is 6.81. The first-order chi connectivity index (χ1) is 12.3. The van der Waals surface area contributed by atoms with Crippen LogP contribution in [0.4, 0.5) is 5.82 Å². The SMILES string of the molecule is O=C(COc1ccccc1)Nc1c2c(nn1-c1ccccc1)CCC2. The molecule has 3 aromatic rings. The zero-order chi connectivity index (χ0) is 17.1. The van der Waals surface area contributed by atoms with Crippen LogP contribution in [0, 0.1) is 0 Å². The van der Waals surface area contributed by atoms with Crippen LogP contribution in [0.15, 0.2) is 60.7 Å². The third-order valence-corrected chi connectivity index (χ3v) is 4.28. The quantitative estimate of drug-likeness (QED) is 0.779. The highest BCUT2D eigenvalue weighted by molar-refractivity contribution is 5.92. The van der Waals surface area contributed by atoms with Gasteiger partial charge in [-0.1, -0.05) is 36.4 Å². The maximum atomic E-state index is 12.4. The number of para-hydroxylation sites is 2. The standard InChI is InChI=1S/C20H19N3O2/c24-19(14-25-16-10-5-2-6-11-16)21-20-17-12-7-13-18(17)22-23(20)15-8-3-1-4-9-15/h1-6,8-11H,7,12-14H2,(H,21,24). The Balaban J connectivity index is 1.54. The van der Waals surface area contributed by atoms with Crippen molar-refractivity contribution < 1.29 is 9.53 Å². The normalized spacial score (nSPS) is 12.6. The number of fused-ring (bicyclic) bond motifs is 1. The Hall–Kier alpha value is -3.08. The predicted molar refractivity (Wildman–Crippen MR) is 96.2 cm³/mol. The molecular formula is C20H19N3O2. The second-order valence-electron chi connectivity index (χ2n) is 6.02. The average Bonchev–Trinajstić information content (AvgIpc) is 3.24. The molecule has 0 radical (unpaired) electrons. The van der Waals surface area contributed by atoms with Gasteiger partial charge < -0.3 is 10.1 Å². The minimum Gasteiger partial charge on any atom is -0.484 e. The molecule has 0 unspecified atom stereocenters. The fourth-order valence-corrected chi connectivity index (χ4v) is 3.11. The van der Waals surface area contributed by atoms with Crippen LogP contribution in [0.3, 0.4) is 0 Å². The van der Waals surface area contributed by atoms with Gasteiger partial charge in [-0.15, -0.1) is 0 Å². The number of ether oxygens (including phenoxy) is 1. The minimum absolute atomic E-state index is 0.0290. The summed E-state index contributed by atoms with van der Waals surface area (Å²) < 4.78 is 7.36. The summed E-state index contributed by atoms with van der Waals surface area (Å²) in [4.78, 5) is 12.4. The summed E-state index contributed by atoms with van der Waals surface area (Å²) in [7, 11) is 0. The van der Waals surface area contributed by atoms with Crippen molar-refractivity contribution in [2.75, 3.05) is 11.9 Å². The summed E-state index contributed by atoms with van der Waals surface area (Å²) in [6.45, 7) is -0.0290. The van der Waals surface area contributed by atoms with Crippen LogP contribution in [-0.2, 0) is 17.6 Å². The summed E-state index contributed by atoms with van der Waals surface area (Å²) in [5.41, 5.74) is 3.15. The molecule has 1 aromatic heterocycles. The Kier molecular flexibility index (Phi) is 4.21. The van der Waals surface area contributed by atoms with Gasteiger partial charge in [-0.25, -0.2) is 4.68 Å². The molecule has 0 aliphatic heterocycles. The first-order valence-electron chi connectivity index (χ1n) is 8.45. The van der Waals surface area contributed by atoms with Crippen molar-refractivity contribution in [1.29, 1.82) is 0 Å². The van der Waals surface area contributed by atoms with E-state index in [2.05, 4.69) is 5.32 Å². The van der Waals surface area contributed by atoms with E-state index >= 15 is 0 Å². The molecule has 1 aliphatic rings. The van der Waals surface area contributed by atoms with Gasteiger partial charge in [-0.2, -0.15) is 5.10 Å². The summed E-state index contributed by atoms with van der Waals surface area (Å²) >= 11 is 0. The molecule has 1 aliphatic carbocycles.